The van der Waals surface area contributed by atoms with E-state index in [0.717, 1.165) is 42.9 Å². The maximum Gasteiger partial charge on any atom is 0.250 e. The molecule has 0 radical (unpaired) electrons. The number of anilines is 1. The zero-order valence-electron chi connectivity index (χ0n) is 15.1. The molecule has 3 N–H and O–H groups in total. The summed E-state index contributed by atoms with van der Waals surface area (Å²) in [5.74, 6) is -0.413. The predicted molar refractivity (Wildman–Crippen MR) is 109 cm³/mol. The van der Waals surface area contributed by atoms with Crippen LogP contribution < -0.4 is 16.0 Å². The van der Waals surface area contributed by atoms with Crippen LogP contribution in [0, 0.1) is 0 Å². The molecule has 6 heteroatoms. The number of amides is 1. The van der Waals surface area contributed by atoms with Gasteiger partial charge in [-0.05, 0) is 17.7 Å². The first-order chi connectivity index (χ1) is 13.2. The quantitative estimate of drug-likeness (QED) is 0.731. The zero-order valence-corrected chi connectivity index (χ0v) is 15.1. The second-order valence-electron chi connectivity index (χ2n) is 6.64. The molecule has 0 atom stereocenters. The minimum absolute atomic E-state index is 0.413. The molecule has 1 amide bonds. The molecule has 0 saturated carbocycles. The normalized spacial score (nSPS) is 14.9. The van der Waals surface area contributed by atoms with E-state index in [4.69, 9.17) is 5.73 Å². The zero-order chi connectivity index (χ0) is 18.6. The molecule has 2 aromatic carbocycles. The molecule has 6 nitrogen and oxygen atoms in total. The summed E-state index contributed by atoms with van der Waals surface area (Å²) in [5.41, 5.74) is 10.0. The first-order valence-electron chi connectivity index (χ1n) is 9.19. The standard InChI is InChI=1S/C21H23N5O/c22-21(27)17-8-9-18-19(20(17)25-13-10-23-11-14-25)24-15-26(18)12-4-7-16-5-2-1-3-6-16/h1-9,15,23H,10-14H2,(H2,22,27). The molecule has 0 spiro atoms. The van der Waals surface area contributed by atoms with Crippen molar-refractivity contribution in [3.8, 4) is 0 Å². The number of primary amides is 1. The van der Waals surface area contributed by atoms with Crippen LogP contribution in [0.5, 0.6) is 0 Å². The third-order valence-corrected chi connectivity index (χ3v) is 4.88. The third-order valence-electron chi connectivity index (χ3n) is 4.88. The van der Waals surface area contributed by atoms with Crippen LogP contribution in [0.2, 0.25) is 0 Å². The smallest absolute Gasteiger partial charge is 0.250 e. The van der Waals surface area contributed by atoms with Crippen LogP contribution in [-0.4, -0.2) is 41.6 Å². The fourth-order valence-corrected chi connectivity index (χ4v) is 3.54. The van der Waals surface area contributed by atoms with Crippen molar-refractivity contribution < 1.29 is 4.79 Å². The molecule has 0 bridgehead atoms. The Balaban J connectivity index is 1.68. The molecule has 0 aliphatic carbocycles. The van der Waals surface area contributed by atoms with Gasteiger partial charge in [-0.25, -0.2) is 4.98 Å². The van der Waals surface area contributed by atoms with Crippen molar-refractivity contribution in [2.24, 2.45) is 5.73 Å². The number of hydrogen-bond acceptors (Lipinski definition) is 4. The van der Waals surface area contributed by atoms with E-state index < -0.39 is 5.91 Å². The number of nitrogens with two attached hydrogens (primary N) is 1. The van der Waals surface area contributed by atoms with Gasteiger partial charge in [-0.15, -0.1) is 0 Å². The van der Waals surface area contributed by atoms with Gasteiger partial charge in [0.1, 0.15) is 5.52 Å². The van der Waals surface area contributed by atoms with Crippen LogP contribution in [0.4, 0.5) is 5.69 Å². The first-order valence-corrected chi connectivity index (χ1v) is 9.19. The number of nitrogens with zero attached hydrogens (tertiary/aromatic N) is 3. The van der Waals surface area contributed by atoms with Gasteiger partial charge in [0.25, 0.3) is 5.91 Å². The highest BCUT2D eigenvalue weighted by Gasteiger charge is 2.22. The van der Waals surface area contributed by atoms with Crippen LogP contribution in [-0.2, 0) is 6.54 Å². The number of allylic oxidation sites excluding steroid dienone is 1. The van der Waals surface area contributed by atoms with Crippen LogP contribution in [0.1, 0.15) is 15.9 Å². The molecule has 0 unspecified atom stereocenters. The van der Waals surface area contributed by atoms with Crippen molar-refractivity contribution in [2.45, 2.75) is 6.54 Å². The first kappa shape index (κ1) is 17.3. The van der Waals surface area contributed by atoms with Crippen LogP contribution in [0.3, 0.4) is 0 Å². The number of benzene rings is 2. The van der Waals surface area contributed by atoms with Gasteiger partial charge >= 0.3 is 0 Å². The number of fused-ring (bicyclic) bond motifs is 1. The molecule has 3 aromatic rings. The van der Waals surface area contributed by atoms with Crippen molar-refractivity contribution in [3.05, 3.63) is 66.0 Å². The van der Waals surface area contributed by atoms with E-state index in [1.54, 1.807) is 0 Å². The van der Waals surface area contributed by atoms with Gasteiger partial charge in [0.05, 0.1) is 23.1 Å². The van der Waals surface area contributed by atoms with Crippen LogP contribution >= 0.6 is 0 Å². The number of imidazole rings is 1. The molecular formula is C21H23N5O. The lowest BCUT2D eigenvalue weighted by Crippen LogP contribution is -2.44. The van der Waals surface area contributed by atoms with E-state index in [-0.39, 0.29) is 0 Å². The summed E-state index contributed by atoms with van der Waals surface area (Å²) >= 11 is 0. The molecular weight excluding hydrogens is 338 g/mol. The molecule has 1 saturated heterocycles. The molecule has 2 heterocycles. The molecule has 1 aromatic heterocycles. The van der Waals surface area contributed by atoms with Gasteiger partial charge in [0.15, 0.2) is 0 Å². The van der Waals surface area contributed by atoms with Crippen LogP contribution in [0.25, 0.3) is 17.1 Å². The third kappa shape index (κ3) is 3.57. The topological polar surface area (TPSA) is 76.2 Å². The fourth-order valence-electron chi connectivity index (χ4n) is 3.54. The summed E-state index contributed by atoms with van der Waals surface area (Å²) < 4.78 is 2.09. The van der Waals surface area contributed by atoms with Crippen molar-refractivity contribution >= 4 is 28.7 Å². The van der Waals surface area contributed by atoms with Gasteiger partial charge in [0, 0.05) is 32.7 Å². The number of carbonyl (C=O) groups excluding carboxylic acids is 1. The molecule has 27 heavy (non-hydrogen) atoms. The number of nitrogens with one attached hydrogen (secondary N) is 1. The highest BCUT2D eigenvalue weighted by molar-refractivity contribution is 6.06. The maximum atomic E-state index is 12.0. The Morgan fingerprint density at radius 1 is 1.15 bits per heavy atom. The van der Waals surface area contributed by atoms with E-state index >= 15 is 0 Å². The summed E-state index contributed by atoms with van der Waals surface area (Å²) in [4.78, 5) is 18.8. The Hall–Kier alpha value is -3.12. The Kier molecular flexibility index (Phi) is 4.89. The Labute approximate surface area is 158 Å². The fraction of sp³-hybridized carbons (Fsp3) is 0.238. The van der Waals surface area contributed by atoms with Gasteiger partial charge < -0.3 is 20.5 Å². The van der Waals surface area contributed by atoms with Gasteiger partial charge in [-0.1, -0.05) is 42.5 Å². The van der Waals surface area contributed by atoms with Gasteiger partial charge in [0.2, 0.25) is 0 Å². The van der Waals surface area contributed by atoms with Gasteiger partial charge in [-0.3, -0.25) is 4.79 Å². The minimum atomic E-state index is -0.413. The Morgan fingerprint density at radius 3 is 2.67 bits per heavy atom. The highest BCUT2D eigenvalue weighted by atomic mass is 16.1. The largest absolute Gasteiger partial charge is 0.367 e. The van der Waals surface area contributed by atoms with Crippen molar-refractivity contribution in [2.75, 3.05) is 31.1 Å². The summed E-state index contributed by atoms with van der Waals surface area (Å²) in [6.45, 7) is 4.15. The number of piperazine rings is 1. The number of aromatic nitrogens is 2. The predicted octanol–water partition coefficient (Wildman–Crippen LogP) is 2.26. The number of carbonyl (C=O) groups is 1. The summed E-state index contributed by atoms with van der Waals surface area (Å²) in [6, 6.07) is 14.0. The highest BCUT2D eigenvalue weighted by Crippen LogP contribution is 2.30. The molecule has 1 fully saturated rings. The van der Waals surface area contributed by atoms with E-state index in [2.05, 4.69) is 44.1 Å². The Morgan fingerprint density at radius 2 is 1.93 bits per heavy atom. The van der Waals surface area contributed by atoms with E-state index in [0.29, 0.717) is 12.1 Å². The minimum Gasteiger partial charge on any atom is -0.367 e. The van der Waals surface area contributed by atoms with E-state index in [1.807, 2.05) is 36.7 Å². The SMILES string of the molecule is NC(=O)c1ccc2c(ncn2CC=Cc2ccccc2)c1N1CCNCC1. The van der Waals surface area contributed by atoms with Gasteiger partial charge in [-0.2, -0.15) is 0 Å². The second-order valence-corrected chi connectivity index (χ2v) is 6.64. The molecule has 138 valence electrons. The monoisotopic (exact) mass is 361 g/mol. The van der Waals surface area contributed by atoms with E-state index in [1.165, 1.54) is 5.56 Å². The average Bonchev–Trinajstić information content (AvgIpc) is 3.12. The van der Waals surface area contributed by atoms with Crippen molar-refractivity contribution in [1.29, 1.82) is 0 Å². The summed E-state index contributed by atoms with van der Waals surface area (Å²) in [7, 11) is 0. The van der Waals surface area contributed by atoms with Crippen molar-refractivity contribution in [1.82, 2.24) is 14.9 Å². The van der Waals surface area contributed by atoms with Crippen molar-refractivity contribution in [3.63, 3.8) is 0 Å². The number of rotatable bonds is 5. The summed E-state index contributed by atoms with van der Waals surface area (Å²) in [5, 5.41) is 3.34. The summed E-state index contributed by atoms with van der Waals surface area (Å²) in [6.07, 6.45) is 6.04. The lowest BCUT2D eigenvalue weighted by molar-refractivity contribution is 0.100. The van der Waals surface area contributed by atoms with Crippen LogP contribution in [0.15, 0.2) is 54.9 Å². The molecule has 1 aliphatic rings. The Bertz CT molecular complexity index is 971. The average molecular weight is 361 g/mol. The number of hydrogen-bond donors (Lipinski definition) is 2. The maximum absolute atomic E-state index is 12.0. The lowest BCUT2D eigenvalue weighted by Gasteiger charge is -2.30. The lowest BCUT2D eigenvalue weighted by atomic mass is 10.1. The molecule has 1 aliphatic heterocycles. The second kappa shape index (κ2) is 7.63. The molecule has 4 rings (SSSR count). The van der Waals surface area contributed by atoms with E-state index in [9.17, 15) is 4.79 Å².